The third-order valence-corrected chi connectivity index (χ3v) is 14.1. The molecule has 2 heterocycles. The molecule has 0 bridgehead atoms. The van der Waals surface area contributed by atoms with E-state index in [1.807, 2.05) is 0 Å². The van der Waals surface area contributed by atoms with Gasteiger partial charge in [0.1, 0.15) is 48.0 Å². The van der Waals surface area contributed by atoms with Gasteiger partial charge in [-0.05, 0) is 68.3 Å². The molecule has 2 aromatic rings. The summed E-state index contributed by atoms with van der Waals surface area (Å²) < 4.78 is 0. The Hall–Kier alpha value is -6.97. The van der Waals surface area contributed by atoms with Crippen LogP contribution in [0, 0.1) is 0 Å². The quantitative estimate of drug-likeness (QED) is 0.0467. The van der Waals surface area contributed by atoms with Crippen LogP contribution in [-0.4, -0.2) is 154 Å². The summed E-state index contributed by atoms with van der Waals surface area (Å²) in [5.41, 5.74) is 29.2. The highest BCUT2D eigenvalue weighted by atomic mass is 33.1. The molecule has 4 rings (SSSR count). The molecular formula is C46H65N13O12S2. The van der Waals surface area contributed by atoms with Gasteiger partial charge in [-0.1, -0.05) is 64.1 Å². The molecule has 0 radical (unpaired) electrons. The van der Waals surface area contributed by atoms with Crippen LogP contribution in [0.2, 0.25) is 0 Å². The fraction of sp³-hybridized carbons (Fsp3) is 0.500. The van der Waals surface area contributed by atoms with Gasteiger partial charge in [-0.25, -0.2) is 0 Å². The minimum absolute atomic E-state index is 0.0324. The fourth-order valence-corrected chi connectivity index (χ4v) is 10.1. The number of aromatic hydroxyl groups is 1. The second kappa shape index (κ2) is 29.5. The summed E-state index contributed by atoms with van der Waals surface area (Å²) in [5, 5.41) is 27.7. The summed E-state index contributed by atoms with van der Waals surface area (Å²) in [6, 6.07) is 3.09. The van der Waals surface area contributed by atoms with Crippen LogP contribution in [0.15, 0.2) is 54.6 Å². The zero-order valence-electron chi connectivity index (χ0n) is 40.0. The van der Waals surface area contributed by atoms with E-state index in [0.717, 1.165) is 21.6 Å². The topological polar surface area (TPSA) is 426 Å². The number of amides is 11. The number of phenols is 1. The van der Waals surface area contributed by atoms with Gasteiger partial charge in [0.15, 0.2) is 0 Å². The van der Waals surface area contributed by atoms with E-state index in [-0.39, 0.29) is 49.5 Å². The summed E-state index contributed by atoms with van der Waals surface area (Å²) in [7, 11) is 2.02. The lowest BCUT2D eigenvalue weighted by Crippen LogP contribution is -2.61. The first-order valence-corrected chi connectivity index (χ1v) is 26.0. The van der Waals surface area contributed by atoms with Crippen LogP contribution in [0.1, 0.15) is 62.5 Å². The number of likely N-dealkylation sites (tertiary alicyclic amines) is 1. The number of nitrogens with zero attached hydrogens (tertiary/aromatic N) is 1. The molecule has 8 atom stereocenters. The van der Waals surface area contributed by atoms with Crippen molar-refractivity contribution in [3.05, 3.63) is 65.7 Å². The van der Waals surface area contributed by atoms with Gasteiger partial charge in [0.2, 0.25) is 65.0 Å². The Morgan fingerprint density at radius 1 is 0.699 bits per heavy atom. The van der Waals surface area contributed by atoms with E-state index in [1.54, 1.807) is 30.3 Å². The molecule has 2 fully saturated rings. The van der Waals surface area contributed by atoms with Crippen molar-refractivity contribution in [2.45, 2.75) is 113 Å². The highest BCUT2D eigenvalue weighted by molar-refractivity contribution is 8.76. The van der Waals surface area contributed by atoms with Gasteiger partial charge >= 0.3 is 0 Å². The smallest absolute Gasteiger partial charge is 0.246 e. The number of carbonyl (C=O) groups is 11. The standard InChI is InChI=1S/C46H65N13O12S2/c47-17-5-4-9-29(40(65)52-22-38(51)63)54-45(70)35-10-6-18-59(35)46(71)34-24-73-72-23-28(48)39(64)55-31(20-26-11-13-27(60)14-12-26)43(68)56-32(19-25-7-2-1-3-8-25)42(67)53-30(15-16-36(49)61)41(66)57-33(21-37(50)62)44(69)58-34/h1-3,7-8,11-14,28-35,60H,4-6,9-10,15-24,47-48H2,(H2,49,61)(H2,50,62)(H2,51,63)(H,52,65)(H,53,67)(H,54,70)(H,55,64)(H,56,68)(H,57,66)(H,58,69)/t28-,29+,30-,31-,32-,33-,34-,35-/m0/s1. The highest BCUT2D eigenvalue weighted by Crippen LogP contribution is 2.26. The number of hydrogen-bond acceptors (Lipinski definition) is 16. The normalized spacial score (nSPS) is 23.0. The van der Waals surface area contributed by atoms with Crippen molar-refractivity contribution in [3.63, 3.8) is 0 Å². The van der Waals surface area contributed by atoms with Crippen LogP contribution < -0.4 is 65.9 Å². The van der Waals surface area contributed by atoms with Gasteiger partial charge in [-0.3, -0.25) is 52.7 Å². The van der Waals surface area contributed by atoms with Crippen LogP contribution in [0.5, 0.6) is 5.75 Å². The zero-order valence-corrected chi connectivity index (χ0v) is 41.6. The third-order valence-electron chi connectivity index (χ3n) is 11.6. The van der Waals surface area contributed by atoms with Crippen molar-refractivity contribution in [2.75, 3.05) is 31.1 Å². The lowest BCUT2D eigenvalue weighted by molar-refractivity contribution is -0.142. The summed E-state index contributed by atoms with van der Waals surface area (Å²) in [4.78, 5) is 149. The second-order valence-electron chi connectivity index (χ2n) is 17.4. The van der Waals surface area contributed by atoms with E-state index in [9.17, 15) is 57.8 Å². The molecule has 2 aliphatic heterocycles. The van der Waals surface area contributed by atoms with Gasteiger partial charge in [0.05, 0.1) is 19.0 Å². The van der Waals surface area contributed by atoms with Crippen molar-refractivity contribution in [3.8, 4) is 5.75 Å². The van der Waals surface area contributed by atoms with Gasteiger partial charge in [0.25, 0.3) is 0 Å². The fourth-order valence-electron chi connectivity index (χ4n) is 7.79. The minimum Gasteiger partial charge on any atom is -0.508 e. The van der Waals surface area contributed by atoms with Crippen LogP contribution >= 0.6 is 21.6 Å². The Morgan fingerprint density at radius 2 is 1.27 bits per heavy atom. The Morgan fingerprint density at radius 3 is 1.89 bits per heavy atom. The van der Waals surface area contributed by atoms with Crippen molar-refractivity contribution in [1.29, 1.82) is 0 Å². The van der Waals surface area contributed by atoms with E-state index in [0.29, 0.717) is 36.9 Å². The van der Waals surface area contributed by atoms with Gasteiger partial charge < -0.3 is 75.9 Å². The molecule has 2 aliphatic rings. The first-order chi connectivity index (χ1) is 34.8. The molecule has 398 valence electrons. The van der Waals surface area contributed by atoms with Gasteiger partial charge in [0, 0.05) is 37.3 Å². The Bertz CT molecular complexity index is 2300. The summed E-state index contributed by atoms with van der Waals surface area (Å²) >= 11 is 0. The average molecular weight is 1060 g/mol. The molecule has 0 aromatic heterocycles. The predicted octanol–water partition coefficient (Wildman–Crippen LogP) is -4.33. The van der Waals surface area contributed by atoms with Crippen molar-refractivity contribution in [2.24, 2.45) is 28.7 Å². The van der Waals surface area contributed by atoms with E-state index >= 15 is 0 Å². The lowest BCUT2D eigenvalue weighted by atomic mass is 10.0. The molecule has 0 spiro atoms. The van der Waals surface area contributed by atoms with Crippen LogP contribution in [0.3, 0.4) is 0 Å². The minimum atomic E-state index is -1.78. The van der Waals surface area contributed by atoms with E-state index in [2.05, 4.69) is 37.2 Å². The molecule has 25 nitrogen and oxygen atoms in total. The molecule has 18 N–H and O–H groups in total. The van der Waals surface area contributed by atoms with Crippen molar-refractivity contribution >= 4 is 86.6 Å². The monoisotopic (exact) mass is 1060 g/mol. The van der Waals surface area contributed by atoms with E-state index in [1.165, 1.54) is 29.2 Å². The number of unbranched alkanes of at least 4 members (excludes halogenated alkanes) is 1. The predicted molar refractivity (Wildman–Crippen MR) is 269 cm³/mol. The second-order valence-corrected chi connectivity index (χ2v) is 20.0. The summed E-state index contributed by atoms with van der Waals surface area (Å²) in [6.45, 7) is -0.147. The molecule has 73 heavy (non-hydrogen) atoms. The molecule has 0 saturated carbocycles. The Kier molecular flexibility index (Phi) is 23.7. The maximum atomic E-state index is 14.6. The molecule has 0 aliphatic carbocycles. The Balaban J connectivity index is 1.71. The number of benzene rings is 2. The zero-order chi connectivity index (χ0) is 53.6. The number of nitrogens with one attached hydrogen (secondary N) is 7. The number of rotatable bonds is 19. The number of hydrogen-bond donors (Lipinski definition) is 13. The molecule has 2 aromatic carbocycles. The summed E-state index contributed by atoms with van der Waals surface area (Å²) in [5.74, 6) is -10.0. The highest BCUT2D eigenvalue weighted by Gasteiger charge is 2.40. The average Bonchev–Trinajstić information content (AvgIpc) is 3.85. The first-order valence-electron chi connectivity index (χ1n) is 23.5. The van der Waals surface area contributed by atoms with Gasteiger partial charge in [-0.2, -0.15) is 0 Å². The number of carbonyl (C=O) groups excluding carboxylic acids is 11. The molecule has 2 saturated heterocycles. The molecule has 11 amide bonds. The van der Waals surface area contributed by atoms with Crippen LogP contribution in [0.25, 0.3) is 0 Å². The van der Waals surface area contributed by atoms with Crippen molar-refractivity contribution < 1.29 is 57.8 Å². The largest absolute Gasteiger partial charge is 0.508 e. The molecule has 27 heteroatoms. The van der Waals surface area contributed by atoms with E-state index < -0.39 is 139 Å². The maximum absolute atomic E-state index is 14.6. The number of phenolic OH excluding ortho intramolecular Hbond substituents is 1. The first kappa shape index (κ1) is 58.6. The summed E-state index contributed by atoms with van der Waals surface area (Å²) in [6.07, 6.45) is -0.386. The molecule has 0 unspecified atom stereocenters. The van der Waals surface area contributed by atoms with Gasteiger partial charge in [-0.15, -0.1) is 0 Å². The van der Waals surface area contributed by atoms with Crippen molar-refractivity contribution in [1.82, 2.24) is 42.1 Å². The number of nitrogens with two attached hydrogens (primary N) is 5. The lowest BCUT2D eigenvalue weighted by Gasteiger charge is -2.31. The SMILES string of the molecule is NCCCC[C@@H](NC(=O)[C@@H]1CCCN1C(=O)[C@@H]1CSSC[C@H](N)C(=O)N[C@@H](Cc2ccc(O)cc2)C(=O)N[C@@H](Cc2ccccc2)C(=O)N[C@@H](CCC(N)=O)C(=O)N[C@@H](CC(N)=O)C(=O)N1)C(=O)NCC(N)=O. The number of primary amides is 3. The third kappa shape index (κ3) is 19.5. The maximum Gasteiger partial charge on any atom is 0.246 e. The van der Waals surface area contributed by atoms with Crippen LogP contribution in [0.4, 0.5) is 0 Å². The molecular weight excluding hydrogens is 991 g/mol. The van der Waals surface area contributed by atoms with E-state index in [4.69, 9.17) is 28.7 Å². The van der Waals surface area contributed by atoms with Crippen LogP contribution in [-0.2, 0) is 65.6 Å². The Labute approximate surface area is 428 Å².